The van der Waals surface area contributed by atoms with Gasteiger partial charge in [0.05, 0.1) is 0 Å². The highest BCUT2D eigenvalue weighted by Crippen LogP contribution is 2.81. The standard InChI is InChI=1S/C21H32O/c1-13(22)16-4-5-17-15-7-11-21-12-14(21)6-10-20(21,3)18(15)8-9-19(16,17)2/h14-18H,4-12H2,1-3H3. The topological polar surface area (TPSA) is 17.1 Å². The summed E-state index contributed by atoms with van der Waals surface area (Å²) in [5.41, 5.74) is 1.78. The first-order valence-corrected chi connectivity index (χ1v) is 9.93. The molecule has 8 atom stereocenters. The summed E-state index contributed by atoms with van der Waals surface area (Å²) >= 11 is 0. The van der Waals surface area contributed by atoms with Crippen LogP contribution >= 0.6 is 0 Å². The molecule has 0 bridgehead atoms. The highest BCUT2D eigenvalue weighted by atomic mass is 16.1. The number of hydrogen-bond acceptors (Lipinski definition) is 1. The summed E-state index contributed by atoms with van der Waals surface area (Å²) in [5, 5.41) is 0. The molecule has 0 radical (unpaired) electrons. The van der Waals surface area contributed by atoms with Gasteiger partial charge < -0.3 is 0 Å². The van der Waals surface area contributed by atoms with Gasteiger partial charge in [-0.3, -0.25) is 4.79 Å². The van der Waals surface area contributed by atoms with Crippen LogP contribution in [0.3, 0.4) is 0 Å². The van der Waals surface area contributed by atoms with Gasteiger partial charge in [-0.2, -0.15) is 0 Å². The number of carbonyl (C=O) groups excluding carboxylic acids is 1. The third-order valence-electron chi connectivity index (χ3n) is 10.1. The van der Waals surface area contributed by atoms with Crippen LogP contribution in [-0.2, 0) is 4.79 Å². The third kappa shape index (κ3) is 1.37. The molecule has 0 aromatic heterocycles. The van der Waals surface area contributed by atoms with Crippen LogP contribution in [0, 0.1) is 45.8 Å². The third-order valence-corrected chi connectivity index (χ3v) is 10.1. The summed E-state index contributed by atoms with van der Waals surface area (Å²) < 4.78 is 0. The number of hydrogen-bond donors (Lipinski definition) is 0. The predicted molar refractivity (Wildman–Crippen MR) is 88.3 cm³/mol. The van der Waals surface area contributed by atoms with Crippen molar-refractivity contribution in [2.75, 3.05) is 0 Å². The molecule has 0 N–H and O–H groups in total. The van der Waals surface area contributed by atoms with E-state index in [0.717, 1.165) is 29.1 Å². The Bertz CT molecular complexity index is 538. The molecule has 8 unspecified atom stereocenters. The summed E-state index contributed by atoms with van der Waals surface area (Å²) in [6, 6.07) is 0. The summed E-state index contributed by atoms with van der Waals surface area (Å²) in [6.07, 6.45) is 12.9. The molecular weight excluding hydrogens is 268 g/mol. The molecule has 0 saturated heterocycles. The molecule has 1 heteroatoms. The SMILES string of the molecule is CC(=O)C1CCC2C3CCC45CC4CCC5(C)C3CCC12C. The second kappa shape index (κ2) is 4.01. The Morgan fingerprint density at radius 2 is 1.73 bits per heavy atom. The van der Waals surface area contributed by atoms with Crippen molar-refractivity contribution in [1.29, 1.82) is 0 Å². The Balaban J connectivity index is 1.49. The fourth-order valence-electron chi connectivity index (χ4n) is 8.90. The number of rotatable bonds is 1. The molecule has 0 aromatic carbocycles. The normalized spacial score (nSPS) is 61.9. The van der Waals surface area contributed by atoms with E-state index in [-0.39, 0.29) is 0 Å². The highest BCUT2D eigenvalue weighted by Gasteiger charge is 2.73. The van der Waals surface area contributed by atoms with E-state index in [1.54, 1.807) is 6.42 Å². The maximum Gasteiger partial charge on any atom is 0.133 e. The van der Waals surface area contributed by atoms with Gasteiger partial charge in [-0.1, -0.05) is 13.8 Å². The lowest BCUT2D eigenvalue weighted by Gasteiger charge is -2.58. The van der Waals surface area contributed by atoms with Crippen LogP contribution in [0.15, 0.2) is 0 Å². The molecule has 22 heavy (non-hydrogen) atoms. The molecular formula is C21H32O. The predicted octanol–water partition coefficient (Wildman–Crippen LogP) is 5.23. The summed E-state index contributed by atoms with van der Waals surface area (Å²) in [5.74, 6) is 4.73. The summed E-state index contributed by atoms with van der Waals surface area (Å²) in [7, 11) is 0. The maximum absolute atomic E-state index is 12.2. The minimum atomic E-state index is 0.343. The van der Waals surface area contributed by atoms with E-state index >= 15 is 0 Å². The average Bonchev–Trinajstić information content (AvgIpc) is 2.94. The molecule has 0 heterocycles. The van der Waals surface area contributed by atoms with Gasteiger partial charge in [0.2, 0.25) is 0 Å². The van der Waals surface area contributed by atoms with Crippen molar-refractivity contribution < 1.29 is 4.79 Å². The Kier molecular flexibility index (Phi) is 2.56. The van der Waals surface area contributed by atoms with E-state index < -0.39 is 0 Å². The van der Waals surface area contributed by atoms with Crippen LogP contribution in [0.1, 0.15) is 78.6 Å². The van der Waals surface area contributed by atoms with Gasteiger partial charge in [-0.15, -0.1) is 0 Å². The molecule has 1 spiro atoms. The second-order valence-electron chi connectivity index (χ2n) is 10.2. The van der Waals surface area contributed by atoms with Crippen LogP contribution in [0.4, 0.5) is 0 Å². The molecule has 5 fully saturated rings. The quantitative estimate of drug-likeness (QED) is 0.647. The Morgan fingerprint density at radius 3 is 2.45 bits per heavy atom. The fourth-order valence-corrected chi connectivity index (χ4v) is 8.90. The van der Waals surface area contributed by atoms with Crippen LogP contribution in [-0.4, -0.2) is 5.78 Å². The highest BCUT2D eigenvalue weighted by molar-refractivity contribution is 5.79. The minimum Gasteiger partial charge on any atom is -0.300 e. The first-order chi connectivity index (χ1) is 10.4. The molecule has 5 aliphatic rings. The van der Waals surface area contributed by atoms with Gasteiger partial charge in [0.15, 0.2) is 0 Å². The van der Waals surface area contributed by atoms with Crippen molar-refractivity contribution in [2.45, 2.75) is 78.6 Å². The van der Waals surface area contributed by atoms with Crippen molar-refractivity contribution >= 4 is 5.78 Å². The van der Waals surface area contributed by atoms with Gasteiger partial charge >= 0.3 is 0 Å². The van der Waals surface area contributed by atoms with Crippen molar-refractivity contribution in [2.24, 2.45) is 45.8 Å². The average molecular weight is 300 g/mol. The van der Waals surface area contributed by atoms with Gasteiger partial charge in [0, 0.05) is 5.92 Å². The van der Waals surface area contributed by atoms with E-state index in [1.807, 2.05) is 6.92 Å². The summed E-state index contributed by atoms with van der Waals surface area (Å²) in [4.78, 5) is 12.2. The van der Waals surface area contributed by atoms with Crippen molar-refractivity contribution in [3.63, 3.8) is 0 Å². The van der Waals surface area contributed by atoms with Crippen molar-refractivity contribution in [3.05, 3.63) is 0 Å². The van der Waals surface area contributed by atoms with Gasteiger partial charge in [0.25, 0.3) is 0 Å². The van der Waals surface area contributed by atoms with Crippen molar-refractivity contribution in [1.82, 2.24) is 0 Å². The molecule has 0 amide bonds. The van der Waals surface area contributed by atoms with Gasteiger partial charge in [0.1, 0.15) is 5.78 Å². The van der Waals surface area contributed by atoms with E-state index in [4.69, 9.17) is 0 Å². The van der Waals surface area contributed by atoms with Crippen LogP contribution in [0.5, 0.6) is 0 Å². The molecule has 5 aliphatic carbocycles. The van der Waals surface area contributed by atoms with E-state index in [2.05, 4.69) is 13.8 Å². The minimum absolute atomic E-state index is 0.343. The smallest absolute Gasteiger partial charge is 0.133 e. The van der Waals surface area contributed by atoms with E-state index in [9.17, 15) is 4.79 Å². The Labute approximate surface area is 135 Å². The molecule has 5 rings (SSSR count). The number of fused-ring (bicyclic) bond motifs is 4. The lowest BCUT2D eigenvalue weighted by molar-refractivity contribution is -0.131. The maximum atomic E-state index is 12.2. The zero-order valence-electron chi connectivity index (χ0n) is 14.7. The molecule has 0 aliphatic heterocycles. The number of ketones is 1. The first kappa shape index (κ1) is 14.1. The first-order valence-electron chi connectivity index (χ1n) is 9.93. The van der Waals surface area contributed by atoms with E-state index in [1.165, 1.54) is 51.4 Å². The Hall–Kier alpha value is -0.330. The largest absolute Gasteiger partial charge is 0.300 e. The number of carbonyl (C=O) groups is 1. The van der Waals surface area contributed by atoms with Gasteiger partial charge in [-0.25, -0.2) is 0 Å². The van der Waals surface area contributed by atoms with E-state index in [0.29, 0.717) is 22.5 Å². The van der Waals surface area contributed by atoms with Gasteiger partial charge in [-0.05, 0) is 105 Å². The molecule has 1 nitrogen and oxygen atoms in total. The molecule has 122 valence electrons. The zero-order valence-corrected chi connectivity index (χ0v) is 14.7. The second-order valence-corrected chi connectivity index (χ2v) is 10.2. The summed E-state index contributed by atoms with van der Waals surface area (Å²) in [6.45, 7) is 7.01. The monoisotopic (exact) mass is 300 g/mol. The Morgan fingerprint density at radius 1 is 0.909 bits per heavy atom. The van der Waals surface area contributed by atoms with Crippen LogP contribution in [0.2, 0.25) is 0 Å². The van der Waals surface area contributed by atoms with Crippen molar-refractivity contribution in [3.8, 4) is 0 Å². The lowest BCUT2D eigenvalue weighted by Crippen LogP contribution is -2.52. The van der Waals surface area contributed by atoms with Crippen LogP contribution in [0.25, 0.3) is 0 Å². The lowest BCUT2D eigenvalue weighted by atomic mass is 9.46. The zero-order chi connectivity index (χ0) is 15.3. The van der Waals surface area contributed by atoms with Crippen LogP contribution < -0.4 is 0 Å². The number of Topliss-reactive ketones (excluding diaryl/α,β-unsaturated/α-hetero) is 1. The fraction of sp³-hybridized carbons (Fsp3) is 0.952. The molecule has 5 saturated carbocycles. The molecule has 0 aromatic rings.